The third-order valence-electron chi connectivity index (χ3n) is 2.54. The van der Waals surface area contributed by atoms with Crippen LogP contribution in [0, 0.1) is 5.82 Å². The van der Waals surface area contributed by atoms with Crippen LogP contribution in [-0.4, -0.2) is 24.1 Å². The van der Waals surface area contributed by atoms with E-state index in [0.29, 0.717) is 11.6 Å². The Hall–Kier alpha value is -2.37. The first-order valence-electron chi connectivity index (χ1n) is 5.42. The normalized spacial score (nSPS) is 10.2. The number of halogens is 1. The summed E-state index contributed by atoms with van der Waals surface area (Å²) in [6, 6.07) is 7.91. The molecule has 0 aliphatic rings. The second-order valence-corrected chi connectivity index (χ2v) is 3.76. The van der Waals surface area contributed by atoms with Crippen molar-refractivity contribution in [1.82, 2.24) is 9.97 Å². The smallest absolute Gasteiger partial charge is 0.223 e. The maximum Gasteiger partial charge on any atom is 0.223 e. The molecule has 0 saturated heterocycles. The molecule has 2 rings (SSSR count). The molecule has 18 heavy (non-hydrogen) atoms. The lowest BCUT2D eigenvalue weighted by molar-refractivity contribution is 0.628. The van der Waals surface area contributed by atoms with E-state index in [-0.39, 0.29) is 11.8 Å². The van der Waals surface area contributed by atoms with Crippen LogP contribution in [0.2, 0.25) is 0 Å². The Balaban J connectivity index is 2.35. The summed E-state index contributed by atoms with van der Waals surface area (Å²) >= 11 is 0. The van der Waals surface area contributed by atoms with Gasteiger partial charge in [-0.25, -0.2) is 4.39 Å². The predicted octanol–water partition coefficient (Wildman–Crippen LogP) is 2.01. The molecule has 0 bridgehead atoms. The lowest BCUT2D eigenvalue weighted by Gasteiger charge is -2.19. The number of hydrogen-bond donors (Lipinski definition) is 2. The van der Waals surface area contributed by atoms with E-state index >= 15 is 0 Å². The monoisotopic (exact) mass is 247 g/mol. The Morgan fingerprint density at radius 2 is 1.89 bits per heavy atom. The van der Waals surface area contributed by atoms with Crippen LogP contribution in [0.4, 0.5) is 27.7 Å². The van der Waals surface area contributed by atoms with E-state index in [1.54, 1.807) is 30.1 Å². The van der Waals surface area contributed by atoms with Gasteiger partial charge in [-0.15, -0.1) is 0 Å². The fraction of sp³-hybridized carbons (Fsp3) is 0.167. The highest BCUT2D eigenvalue weighted by Crippen LogP contribution is 2.24. The molecule has 0 unspecified atom stereocenters. The second kappa shape index (κ2) is 4.87. The summed E-state index contributed by atoms with van der Waals surface area (Å²) in [5.41, 5.74) is 6.44. The largest absolute Gasteiger partial charge is 0.373 e. The number of aromatic nitrogens is 2. The van der Waals surface area contributed by atoms with Crippen LogP contribution in [0.25, 0.3) is 0 Å². The maximum absolute atomic E-state index is 12.9. The van der Waals surface area contributed by atoms with Crippen LogP contribution in [0.15, 0.2) is 30.3 Å². The quantitative estimate of drug-likeness (QED) is 0.868. The van der Waals surface area contributed by atoms with Crippen LogP contribution in [0.5, 0.6) is 0 Å². The predicted molar refractivity (Wildman–Crippen MR) is 70.5 cm³/mol. The number of nitrogens with two attached hydrogens (primary N) is 1. The van der Waals surface area contributed by atoms with Crippen LogP contribution < -0.4 is 16.0 Å². The molecule has 5 nitrogen and oxygen atoms in total. The molecule has 3 N–H and O–H groups in total. The Kier molecular flexibility index (Phi) is 3.27. The van der Waals surface area contributed by atoms with Gasteiger partial charge in [0.15, 0.2) is 0 Å². The van der Waals surface area contributed by atoms with Crippen molar-refractivity contribution in [2.75, 3.05) is 30.0 Å². The van der Waals surface area contributed by atoms with Crippen molar-refractivity contribution in [3.8, 4) is 0 Å². The van der Waals surface area contributed by atoms with Gasteiger partial charge in [0.1, 0.15) is 17.5 Å². The minimum Gasteiger partial charge on any atom is -0.373 e. The van der Waals surface area contributed by atoms with E-state index in [1.807, 2.05) is 7.05 Å². The van der Waals surface area contributed by atoms with Crippen molar-refractivity contribution in [3.63, 3.8) is 0 Å². The lowest BCUT2D eigenvalue weighted by atomic mass is 10.3. The van der Waals surface area contributed by atoms with E-state index in [1.165, 1.54) is 12.1 Å². The molecule has 0 aliphatic carbocycles. The Labute approximate surface area is 104 Å². The molecule has 0 aliphatic heterocycles. The summed E-state index contributed by atoms with van der Waals surface area (Å²) in [6.45, 7) is 0. The van der Waals surface area contributed by atoms with Crippen molar-refractivity contribution in [2.24, 2.45) is 0 Å². The van der Waals surface area contributed by atoms with E-state index in [0.717, 1.165) is 5.69 Å². The number of hydrogen-bond acceptors (Lipinski definition) is 5. The van der Waals surface area contributed by atoms with Gasteiger partial charge in [-0.05, 0) is 24.3 Å². The van der Waals surface area contributed by atoms with Gasteiger partial charge in [0.2, 0.25) is 5.95 Å². The lowest BCUT2D eigenvalue weighted by Crippen LogP contribution is -2.13. The van der Waals surface area contributed by atoms with Crippen LogP contribution in [0.3, 0.4) is 0 Å². The first-order chi connectivity index (χ1) is 8.60. The van der Waals surface area contributed by atoms with Gasteiger partial charge in [-0.3, -0.25) is 0 Å². The summed E-state index contributed by atoms with van der Waals surface area (Å²) in [5.74, 6) is 1.18. The van der Waals surface area contributed by atoms with Crippen LogP contribution >= 0.6 is 0 Å². The molecule has 0 atom stereocenters. The SMILES string of the molecule is CNc1cc(N(C)c2ccc(F)cc2)nc(N)n1. The molecule has 0 spiro atoms. The first-order valence-corrected chi connectivity index (χ1v) is 5.42. The molecule has 1 heterocycles. The van der Waals surface area contributed by atoms with Crippen molar-refractivity contribution in [3.05, 3.63) is 36.1 Å². The van der Waals surface area contributed by atoms with Crippen molar-refractivity contribution in [1.29, 1.82) is 0 Å². The number of rotatable bonds is 3. The standard InChI is InChI=1S/C12H14FN5/c1-15-10-7-11(17-12(14)16-10)18(2)9-5-3-8(13)4-6-9/h3-7H,1-2H3,(H3,14,15,16,17). The Morgan fingerprint density at radius 1 is 1.22 bits per heavy atom. The van der Waals surface area contributed by atoms with Crippen LogP contribution in [0.1, 0.15) is 0 Å². The fourth-order valence-corrected chi connectivity index (χ4v) is 1.55. The molecular weight excluding hydrogens is 233 g/mol. The topological polar surface area (TPSA) is 67.1 Å². The van der Waals surface area contributed by atoms with Gasteiger partial charge in [-0.2, -0.15) is 9.97 Å². The van der Waals surface area contributed by atoms with Gasteiger partial charge in [-0.1, -0.05) is 0 Å². The Morgan fingerprint density at radius 3 is 2.50 bits per heavy atom. The number of nitrogens with one attached hydrogen (secondary N) is 1. The fourth-order valence-electron chi connectivity index (χ4n) is 1.55. The summed E-state index contributed by atoms with van der Waals surface area (Å²) in [5, 5.41) is 2.91. The maximum atomic E-state index is 12.9. The van der Waals surface area contributed by atoms with E-state index in [2.05, 4.69) is 15.3 Å². The molecule has 94 valence electrons. The number of anilines is 4. The summed E-state index contributed by atoms with van der Waals surface area (Å²) < 4.78 is 12.9. The molecule has 1 aromatic carbocycles. The average Bonchev–Trinajstić information content (AvgIpc) is 2.38. The molecule has 1 aromatic heterocycles. The Bertz CT molecular complexity index is 541. The third kappa shape index (κ3) is 2.48. The number of nitrogens with zero attached hydrogens (tertiary/aromatic N) is 3. The van der Waals surface area contributed by atoms with E-state index < -0.39 is 0 Å². The number of nitrogen functional groups attached to an aromatic ring is 1. The van der Waals surface area contributed by atoms with Crippen molar-refractivity contribution < 1.29 is 4.39 Å². The molecule has 0 fully saturated rings. The zero-order chi connectivity index (χ0) is 13.1. The first kappa shape index (κ1) is 12.1. The van der Waals surface area contributed by atoms with Crippen molar-refractivity contribution >= 4 is 23.3 Å². The van der Waals surface area contributed by atoms with Gasteiger partial charge in [0.25, 0.3) is 0 Å². The van der Waals surface area contributed by atoms with Crippen LogP contribution in [-0.2, 0) is 0 Å². The van der Waals surface area contributed by atoms with E-state index in [9.17, 15) is 4.39 Å². The highest BCUT2D eigenvalue weighted by atomic mass is 19.1. The average molecular weight is 247 g/mol. The zero-order valence-corrected chi connectivity index (χ0v) is 10.2. The molecule has 0 amide bonds. The highest BCUT2D eigenvalue weighted by Gasteiger charge is 2.08. The molecular formula is C12H14FN5. The molecule has 0 saturated carbocycles. The minimum atomic E-state index is -0.273. The summed E-state index contributed by atoms with van der Waals surface area (Å²) in [4.78, 5) is 9.95. The third-order valence-corrected chi connectivity index (χ3v) is 2.54. The van der Waals surface area contributed by atoms with Gasteiger partial charge < -0.3 is 16.0 Å². The number of benzene rings is 1. The highest BCUT2D eigenvalue weighted by molar-refractivity contribution is 5.62. The van der Waals surface area contributed by atoms with Gasteiger partial charge in [0.05, 0.1) is 0 Å². The minimum absolute atomic E-state index is 0.186. The van der Waals surface area contributed by atoms with Gasteiger partial charge >= 0.3 is 0 Å². The molecule has 2 aromatic rings. The summed E-state index contributed by atoms with van der Waals surface area (Å²) in [6.07, 6.45) is 0. The van der Waals surface area contributed by atoms with Crippen molar-refractivity contribution in [2.45, 2.75) is 0 Å². The zero-order valence-electron chi connectivity index (χ0n) is 10.2. The molecule has 0 radical (unpaired) electrons. The second-order valence-electron chi connectivity index (χ2n) is 3.76. The van der Waals surface area contributed by atoms with E-state index in [4.69, 9.17) is 5.73 Å². The molecule has 6 heteroatoms. The summed E-state index contributed by atoms with van der Waals surface area (Å²) in [7, 11) is 3.58. The van der Waals surface area contributed by atoms with Gasteiger partial charge in [0, 0.05) is 25.8 Å².